The summed E-state index contributed by atoms with van der Waals surface area (Å²) in [7, 11) is 1.34. The Bertz CT molecular complexity index is 963. The lowest BCUT2D eigenvalue weighted by atomic mass is 10.1. The Hall–Kier alpha value is -3.08. The highest BCUT2D eigenvalue weighted by molar-refractivity contribution is 6.08. The number of fused-ring (bicyclic) bond motifs is 1. The van der Waals surface area contributed by atoms with Gasteiger partial charge in [0.05, 0.1) is 12.7 Å². The number of unbranched alkanes of at least 4 members (excludes halogenated alkanes) is 2. The van der Waals surface area contributed by atoms with Crippen LogP contribution in [0.5, 0.6) is 0 Å². The van der Waals surface area contributed by atoms with Crippen molar-refractivity contribution in [3.8, 4) is 0 Å². The monoisotopic (exact) mass is 392 g/mol. The van der Waals surface area contributed by atoms with Crippen molar-refractivity contribution < 1.29 is 14.3 Å². The molecule has 0 aliphatic carbocycles. The third-order valence-corrected chi connectivity index (χ3v) is 5.11. The molecule has 2 aromatic carbocycles. The van der Waals surface area contributed by atoms with Gasteiger partial charge in [-0.2, -0.15) is 0 Å². The number of rotatable bonds is 9. The molecular weight excluding hydrogens is 364 g/mol. The number of hydrogen-bond acceptors (Lipinski definition) is 3. The van der Waals surface area contributed by atoms with Gasteiger partial charge >= 0.3 is 5.97 Å². The first-order valence-corrected chi connectivity index (χ1v) is 10.1. The summed E-state index contributed by atoms with van der Waals surface area (Å²) < 4.78 is 7.05. The van der Waals surface area contributed by atoms with Crippen LogP contribution in [0.25, 0.3) is 10.9 Å². The van der Waals surface area contributed by atoms with Crippen molar-refractivity contribution in [3.63, 3.8) is 0 Å². The zero-order valence-electron chi connectivity index (χ0n) is 17.1. The Balaban J connectivity index is 1.84. The molecule has 1 amide bonds. The lowest BCUT2D eigenvalue weighted by Gasteiger charge is -2.16. The summed E-state index contributed by atoms with van der Waals surface area (Å²) in [5.74, 6) is -0.712. The molecule has 3 aromatic rings. The second kappa shape index (κ2) is 9.92. The largest absolute Gasteiger partial charge is 0.467 e. The molecule has 0 bridgehead atoms. The van der Waals surface area contributed by atoms with Gasteiger partial charge in [0.2, 0.25) is 0 Å². The zero-order chi connectivity index (χ0) is 20.6. The van der Waals surface area contributed by atoms with Gasteiger partial charge in [0, 0.05) is 30.1 Å². The quantitative estimate of drug-likeness (QED) is 0.435. The van der Waals surface area contributed by atoms with Gasteiger partial charge in [-0.3, -0.25) is 4.79 Å². The number of methoxy groups -OCH3 is 1. The Morgan fingerprint density at radius 1 is 1.03 bits per heavy atom. The molecule has 1 atom stereocenters. The Morgan fingerprint density at radius 2 is 1.76 bits per heavy atom. The maximum absolute atomic E-state index is 13.1. The minimum atomic E-state index is -0.739. The Labute approximate surface area is 171 Å². The van der Waals surface area contributed by atoms with Crippen molar-refractivity contribution in [2.45, 2.75) is 45.2 Å². The number of esters is 1. The van der Waals surface area contributed by atoms with Gasteiger partial charge in [0.25, 0.3) is 5.91 Å². The van der Waals surface area contributed by atoms with Gasteiger partial charge in [-0.15, -0.1) is 0 Å². The van der Waals surface area contributed by atoms with Crippen molar-refractivity contribution in [1.29, 1.82) is 0 Å². The smallest absolute Gasteiger partial charge is 0.328 e. The molecule has 0 saturated carbocycles. The predicted molar refractivity (Wildman–Crippen MR) is 115 cm³/mol. The van der Waals surface area contributed by atoms with E-state index >= 15 is 0 Å². The van der Waals surface area contributed by atoms with Gasteiger partial charge in [-0.1, -0.05) is 68.3 Å². The van der Waals surface area contributed by atoms with Crippen LogP contribution in [0.2, 0.25) is 0 Å². The molecule has 3 rings (SSSR count). The lowest BCUT2D eigenvalue weighted by molar-refractivity contribution is -0.142. The van der Waals surface area contributed by atoms with E-state index in [0.29, 0.717) is 12.0 Å². The van der Waals surface area contributed by atoms with Crippen LogP contribution in [0.15, 0.2) is 60.8 Å². The molecule has 0 aliphatic rings. The van der Waals surface area contributed by atoms with Crippen LogP contribution in [-0.4, -0.2) is 29.6 Å². The Kier molecular flexibility index (Phi) is 7.06. The molecular formula is C24H28N2O3. The van der Waals surface area contributed by atoms with Crippen molar-refractivity contribution >= 4 is 22.8 Å². The summed E-state index contributed by atoms with van der Waals surface area (Å²) in [6.07, 6.45) is 5.64. The summed E-state index contributed by atoms with van der Waals surface area (Å²) in [5, 5.41) is 3.77. The van der Waals surface area contributed by atoms with Gasteiger partial charge in [-0.25, -0.2) is 4.79 Å². The third-order valence-electron chi connectivity index (χ3n) is 5.11. The fourth-order valence-corrected chi connectivity index (χ4v) is 3.57. The van der Waals surface area contributed by atoms with Crippen molar-refractivity contribution in [1.82, 2.24) is 9.88 Å². The van der Waals surface area contributed by atoms with E-state index in [1.807, 2.05) is 60.8 Å². The molecule has 5 heteroatoms. The number of para-hydroxylation sites is 1. The zero-order valence-corrected chi connectivity index (χ0v) is 17.1. The molecule has 5 nitrogen and oxygen atoms in total. The van der Waals surface area contributed by atoms with Crippen LogP contribution in [0.4, 0.5) is 0 Å². The topological polar surface area (TPSA) is 60.3 Å². The highest BCUT2D eigenvalue weighted by atomic mass is 16.5. The second-order valence-electron chi connectivity index (χ2n) is 7.20. The number of nitrogens with zero attached hydrogens (tertiary/aromatic N) is 1. The van der Waals surface area contributed by atoms with E-state index in [0.717, 1.165) is 42.3 Å². The minimum Gasteiger partial charge on any atom is -0.467 e. The van der Waals surface area contributed by atoms with Crippen LogP contribution >= 0.6 is 0 Å². The molecule has 1 aromatic heterocycles. The number of hydrogen-bond donors (Lipinski definition) is 1. The maximum atomic E-state index is 13.1. The molecule has 0 saturated heterocycles. The van der Waals surface area contributed by atoms with Crippen molar-refractivity contribution in [2.75, 3.05) is 7.11 Å². The van der Waals surface area contributed by atoms with E-state index in [4.69, 9.17) is 4.74 Å². The molecule has 29 heavy (non-hydrogen) atoms. The average Bonchev–Trinajstić information content (AvgIpc) is 3.12. The molecule has 0 aliphatic heterocycles. The number of benzene rings is 2. The van der Waals surface area contributed by atoms with Gasteiger partial charge in [0.1, 0.15) is 6.04 Å². The highest BCUT2D eigenvalue weighted by Crippen LogP contribution is 2.22. The molecule has 152 valence electrons. The number of carbonyl (C=O) groups is 2. The Morgan fingerprint density at radius 3 is 2.48 bits per heavy atom. The first kappa shape index (κ1) is 20.6. The van der Waals surface area contributed by atoms with Gasteiger partial charge < -0.3 is 14.6 Å². The van der Waals surface area contributed by atoms with E-state index < -0.39 is 12.0 Å². The first-order valence-electron chi connectivity index (χ1n) is 10.1. The number of aryl methyl sites for hydroxylation is 1. The SMILES string of the molecule is CCCCCn1cc(C(=O)N[C@@H](Cc2ccccc2)C(=O)OC)c2ccccc21. The van der Waals surface area contributed by atoms with E-state index in [1.165, 1.54) is 7.11 Å². The number of carbonyl (C=O) groups excluding carboxylic acids is 2. The van der Waals surface area contributed by atoms with Crippen LogP contribution in [0, 0.1) is 0 Å². The fraction of sp³-hybridized carbons (Fsp3) is 0.333. The predicted octanol–water partition coefficient (Wildman–Crippen LogP) is 4.35. The summed E-state index contributed by atoms with van der Waals surface area (Å²) in [6.45, 7) is 3.04. The summed E-state index contributed by atoms with van der Waals surface area (Å²) in [4.78, 5) is 25.4. The number of ether oxygens (including phenoxy) is 1. The van der Waals surface area contributed by atoms with Gasteiger partial charge in [0.15, 0.2) is 0 Å². The number of aromatic nitrogens is 1. The summed E-state index contributed by atoms with van der Waals surface area (Å²) in [6, 6.07) is 16.8. The van der Waals surface area contributed by atoms with E-state index in [9.17, 15) is 9.59 Å². The van der Waals surface area contributed by atoms with E-state index in [2.05, 4.69) is 16.8 Å². The van der Waals surface area contributed by atoms with Gasteiger partial charge in [-0.05, 0) is 18.1 Å². The van der Waals surface area contributed by atoms with E-state index in [-0.39, 0.29) is 5.91 Å². The molecule has 0 unspecified atom stereocenters. The van der Waals surface area contributed by atoms with Crippen LogP contribution in [0.1, 0.15) is 42.1 Å². The first-order chi connectivity index (χ1) is 14.1. The molecule has 0 radical (unpaired) electrons. The van der Waals surface area contributed by atoms with Crippen molar-refractivity contribution in [3.05, 3.63) is 71.9 Å². The molecule has 0 spiro atoms. The molecule has 1 N–H and O–H groups in total. The van der Waals surface area contributed by atoms with E-state index in [1.54, 1.807) is 0 Å². The number of nitrogens with one attached hydrogen (secondary N) is 1. The van der Waals surface area contributed by atoms with Crippen molar-refractivity contribution in [2.24, 2.45) is 0 Å². The normalized spacial score (nSPS) is 11.9. The lowest BCUT2D eigenvalue weighted by Crippen LogP contribution is -2.43. The van der Waals surface area contributed by atoms with Crippen LogP contribution < -0.4 is 5.32 Å². The summed E-state index contributed by atoms with van der Waals surface area (Å²) >= 11 is 0. The summed E-state index contributed by atoms with van der Waals surface area (Å²) in [5.41, 5.74) is 2.58. The average molecular weight is 392 g/mol. The highest BCUT2D eigenvalue weighted by Gasteiger charge is 2.24. The second-order valence-corrected chi connectivity index (χ2v) is 7.20. The molecule has 1 heterocycles. The molecule has 0 fully saturated rings. The van der Waals surface area contributed by atoms with Crippen LogP contribution in [0.3, 0.4) is 0 Å². The fourth-order valence-electron chi connectivity index (χ4n) is 3.57. The minimum absolute atomic E-state index is 0.262. The standard InChI is InChI=1S/C24H28N2O3/c1-3-4-10-15-26-17-20(19-13-8-9-14-22(19)26)23(27)25-21(24(28)29-2)16-18-11-6-5-7-12-18/h5-9,11-14,17,21H,3-4,10,15-16H2,1-2H3,(H,25,27)/t21-/m0/s1. The maximum Gasteiger partial charge on any atom is 0.328 e. The van der Waals surface area contributed by atoms with Crippen LogP contribution in [-0.2, 0) is 22.5 Å². The third kappa shape index (κ3) is 5.05. The number of amides is 1.